The number of carboxylic acid groups (broad SMARTS) is 1. The molecule has 0 bridgehead atoms. The highest BCUT2D eigenvalue weighted by atomic mass is 32.2. The molecule has 0 spiro atoms. The largest absolute Gasteiger partial charge is 0.481 e. The van der Waals surface area contributed by atoms with Crippen molar-refractivity contribution in [1.29, 1.82) is 0 Å². The summed E-state index contributed by atoms with van der Waals surface area (Å²) in [5, 5.41) is 19.1. The number of para-hydroxylation sites is 1. The summed E-state index contributed by atoms with van der Waals surface area (Å²) >= 11 is 0. The molecule has 7 nitrogen and oxygen atoms in total. The Morgan fingerprint density at radius 1 is 1.33 bits per heavy atom. The minimum absolute atomic E-state index is 0.0796. The molecule has 0 aromatic heterocycles. The minimum atomic E-state index is -3.84. The molecule has 0 unspecified atom stereocenters. The Bertz CT molecular complexity index is 565. The van der Waals surface area contributed by atoms with E-state index in [9.17, 15) is 23.3 Å². The third kappa shape index (κ3) is 3.52. The van der Waals surface area contributed by atoms with Crippen LogP contribution in [0.3, 0.4) is 0 Å². The summed E-state index contributed by atoms with van der Waals surface area (Å²) in [6, 6.07) is 5.00. The SMILES string of the molecule is O=C(O)CCCS(=O)(=O)c1ccccc1[N+](=O)[O-]. The molecule has 18 heavy (non-hydrogen) atoms. The number of aliphatic carboxylic acids is 1. The van der Waals surface area contributed by atoms with Crippen LogP contribution in [0.25, 0.3) is 0 Å². The zero-order valence-electron chi connectivity index (χ0n) is 9.27. The van der Waals surface area contributed by atoms with Crippen LogP contribution in [0.1, 0.15) is 12.8 Å². The van der Waals surface area contributed by atoms with Gasteiger partial charge in [0.15, 0.2) is 9.84 Å². The van der Waals surface area contributed by atoms with Gasteiger partial charge in [0, 0.05) is 12.5 Å². The standard InChI is InChI=1S/C10H11NO6S/c12-10(13)6-3-7-18(16,17)9-5-2-1-4-8(9)11(14)15/h1-2,4-5H,3,6-7H2,(H,12,13). The molecule has 1 N–H and O–H groups in total. The van der Waals surface area contributed by atoms with Crippen LogP contribution < -0.4 is 0 Å². The third-order valence-electron chi connectivity index (χ3n) is 2.20. The van der Waals surface area contributed by atoms with Gasteiger partial charge in [-0.05, 0) is 12.5 Å². The molecule has 0 aliphatic carbocycles. The van der Waals surface area contributed by atoms with Crippen molar-refractivity contribution in [3.63, 3.8) is 0 Å². The molecular formula is C10H11NO6S. The van der Waals surface area contributed by atoms with Crippen LogP contribution in [0.4, 0.5) is 5.69 Å². The number of nitro groups is 1. The molecule has 0 aliphatic heterocycles. The third-order valence-corrected chi connectivity index (χ3v) is 4.04. The lowest BCUT2D eigenvalue weighted by atomic mass is 10.3. The summed E-state index contributed by atoms with van der Waals surface area (Å²) in [6.07, 6.45) is -0.371. The number of benzene rings is 1. The lowest BCUT2D eigenvalue weighted by molar-refractivity contribution is -0.387. The van der Waals surface area contributed by atoms with Crippen LogP contribution in [-0.4, -0.2) is 30.2 Å². The van der Waals surface area contributed by atoms with E-state index in [2.05, 4.69) is 0 Å². The van der Waals surface area contributed by atoms with E-state index in [1.807, 2.05) is 0 Å². The maximum atomic E-state index is 11.8. The zero-order chi connectivity index (χ0) is 13.8. The Morgan fingerprint density at radius 2 is 1.94 bits per heavy atom. The van der Waals surface area contributed by atoms with Gasteiger partial charge in [-0.3, -0.25) is 14.9 Å². The second kappa shape index (κ2) is 5.58. The van der Waals surface area contributed by atoms with Crippen molar-refractivity contribution in [2.75, 3.05) is 5.75 Å². The number of nitrogens with zero attached hydrogens (tertiary/aromatic N) is 1. The van der Waals surface area contributed by atoms with E-state index >= 15 is 0 Å². The molecular weight excluding hydrogens is 262 g/mol. The summed E-state index contributed by atoms with van der Waals surface area (Å²) in [7, 11) is -3.84. The molecule has 1 aromatic rings. The molecule has 0 aliphatic rings. The van der Waals surface area contributed by atoms with Crippen molar-refractivity contribution < 1.29 is 23.2 Å². The first kappa shape index (κ1) is 14.1. The van der Waals surface area contributed by atoms with Gasteiger partial charge in [0.1, 0.15) is 4.90 Å². The van der Waals surface area contributed by atoms with Crippen LogP contribution in [0.5, 0.6) is 0 Å². The number of sulfone groups is 1. The van der Waals surface area contributed by atoms with Gasteiger partial charge in [-0.15, -0.1) is 0 Å². The van der Waals surface area contributed by atoms with Crippen LogP contribution in [-0.2, 0) is 14.6 Å². The molecule has 1 rings (SSSR count). The highest BCUT2D eigenvalue weighted by Gasteiger charge is 2.24. The Morgan fingerprint density at radius 3 is 2.50 bits per heavy atom. The number of nitro benzene ring substituents is 1. The molecule has 98 valence electrons. The smallest absolute Gasteiger partial charge is 0.303 e. The maximum absolute atomic E-state index is 11.8. The van der Waals surface area contributed by atoms with Crippen molar-refractivity contribution in [2.24, 2.45) is 0 Å². The average molecular weight is 273 g/mol. The van der Waals surface area contributed by atoms with Gasteiger partial charge >= 0.3 is 5.97 Å². The first-order valence-corrected chi connectivity index (χ1v) is 6.68. The second-order valence-electron chi connectivity index (χ2n) is 3.54. The predicted octanol–water partition coefficient (Wildman–Crippen LogP) is 1.23. The Balaban J connectivity index is 2.98. The lowest BCUT2D eigenvalue weighted by Crippen LogP contribution is -2.10. The molecule has 0 fully saturated rings. The Kier molecular flexibility index (Phi) is 4.38. The van der Waals surface area contributed by atoms with Crippen molar-refractivity contribution >= 4 is 21.5 Å². The van der Waals surface area contributed by atoms with Crippen molar-refractivity contribution in [3.05, 3.63) is 34.4 Å². The first-order valence-electron chi connectivity index (χ1n) is 5.02. The number of rotatable bonds is 6. The fraction of sp³-hybridized carbons (Fsp3) is 0.300. The Labute approximate surface area is 103 Å². The maximum Gasteiger partial charge on any atom is 0.303 e. The number of carboxylic acids is 1. The van der Waals surface area contributed by atoms with Crippen LogP contribution in [0, 0.1) is 10.1 Å². The van der Waals surface area contributed by atoms with Crippen molar-refractivity contribution in [2.45, 2.75) is 17.7 Å². The molecule has 8 heteroatoms. The zero-order valence-corrected chi connectivity index (χ0v) is 10.1. The summed E-state index contributed by atoms with van der Waals surface area (Å²) < 4.78 is 23.7. The molecule has 0 saturated heterocycles. The fourth-order valence-electron chi connectivity index (χ4n) is 1.39. The van der Waals surface area contributed by atoms with E-state index in [1.165, 1.54) is 12.1 Å². The van der Waals surface area contributed by atoms with Crippen molar-refractivity contribution in [3.8, 4) is 0 Å². The quantitative estimate of drug-likeness (QED) is 0.615. The van der Waals surface area contributed by atoms with Gasteiger partial charge in [-0.25, -0.2) is 8.42 Å². The lowest BCUT2D eigenvalue weighted by Gasteiger charge is -2.04. The van der Waals surface area contributed by atoms with Gasteiger partial charge in [0.25, 0.3) is 5.69 Å². The highest BCUT2D eigenvalue weighted by molar-refractivity contribution is 7.91. The fourth-order valence-corrected chi connectivity index (χ4v) is 2.89. The molecule has 0 atom stereocenters. The predicted molar refractivity (Wildman–Crippen MR) is 62.0 cm³/mol. The van der Waals surface area contributed by atoms with E-state index in [0.717, 1.165) is 12.1 Å². The van der Waals surface area contributed by atoms with Gasteiger partial charge in [-0.2, -0.15) is 0 Å². The summed E-state index contributed by atoms with van der Waals surface area (Å²) in [4.78, 5) is 19.8. The van der Waals surface area contributed by atoms with Crippen LogP contribution in [0.15, 0.2) is 29.2 Å². The van der Waals surface area contributed by atoms with Crippen molar-refractivity contribution in [1.82, 2.24) is 0 Å². The Hall–Kier alpha value is -1.96. The van der Waals surface area contributed by atoms with Gasteiger partial charge in [0.05, 0.1) is 10.7 Å². The molecule has 0 heterocycles. The van der Waals surface area contributed by atoms with E-state index in [0.29, 0.717) is 0 Å². The van der Waals surface area contributed by atoms with E-state index in [4.69, 9.17) is 5.11 Å². The van der Waals surface area contributed by atoms with Crippen LogP contribution >= 0.6 is 0 Å². The average Bonchev–Trinajstić information content (AvgIpc) is 2.28. The molecule has 0 amide bonds. The van der Waals surface area contributed by atoms with Gasteiger partial charge in [0.2, 0.25) is 0 Å². The molecule has 0 saturated carbocycles. The minimum Gasteiger partial charge on any atom is -0.481 e. The summed E-state index contributed by atoms with van der Waals surface area (Å²) in [5.74, 6) is -1.53. The summed E-state index contributed by atoms with van der Waals surface area (Å²) in [6.45, 7) is 0. The highest BCUT2D eigenvalue weighted by Crippen LogP contribution is 2.24. The van der Waals surface area contributed by atoms with E-state index in [-0.39, 0.29) is 17.7 Å². The number of hydrogen-bond donors (Lipinski definition) is 1. The molecule has 0 radical (unpaired) electrons. The van der Waals surface area contributed by atoms with Crippen LogP contribution in [0.2, 0.25) is 0 Å². The summed E-state index contributed by atoms with van der Waals surface area (Å²) in [5.41, 5.74) is -0.493. The van der Waals surface area contributed by atoms with E-state index < -0.39 is 32.2 Å². The topological polar surface area (TPSA) is 115 Å². The monoisotopic (exact) mass is 273 g/mol. The van der Waals surface area contributed by atoms with E-state index in [1.54, 1.807) is 0 Å². The number of carbonyl (C=O) groups is 1. The second-order valence-corrected chi connectivity index (χ2v) is 5.62. The van der Waals surface area contributed by atoms with Gasteiger partial charge < -0.3 is 5.11 Å². The molecule has 1 aromatic carbocycles. The number of hydrogen-bond acceptors (Lipinski definition) is 5. The first-order chi connectivity index (χ1) is 8.34. The van der Waals surface area contributed by atoms with Gasteiger partial charge in [-0.1, -0.05) is 12.1 Å². The normalized spacial score (nSPS) is 11.1.